The molecule has 1 rings (SSSR count). The first-order valence-electron chi connectivity index (χ1n) is 5.10. The number of hydrogen-bond acceptors (Lipinski definition) is 2. The Labute approximate surface area is 80.1 Å². The number of primary amides is 1. The molecule has 1 aliphatic carbocycles. The van der Waals surface area contributed by atoms with Crippen LogP contribution in [-0.2, 0) is 4.79 Å². The quantitative estimate of drug-likeness (QED) is 0.685. The number of nitrogens with two attached hydrogens (primary N) is 1. The van der Waals surface area contributed by atoms with Crippen LogP contribution in [0.5, 0.6) is 0 Å². The molecular weight excluding hydrogens is 164 g/mol. The first-order chi connectivity index (χ1) is 6.07. The molecule has 3 nitrogen and oxygen atoms in total. The number of carbonyl (C=O) groups is 1. The fraction of sp³-hybridized carbons (Fsp3) is 0.900. The number of rotatable bonds is 4. The topological polar surface area (TPSA) is 55.1 Å². The van der Waals surface area contributed by atoms with Crippen LogP contribution >= 0.6 is 0 Å². The van der Waals surface area contributed by atoms with Crippen molar-refractivity contribution in [1.29, 1.82) is 0 Å². The fourth-order valence-corrected chi connectivity index (χ4v) is 1.96. The molecule has 0 saturated heterocycles. The molecule has 3 N–H and O–H groups in total. The predicted octanol–water partition coefficient (Wildman–Crippen LogP) is 1.03. The molecule has 3 heteroatoms. The van der Waals surface area contributed by atoms with Gasteiger partial charge in [-0.05, 0) is 12.8 Å². The summed E-state index contributed by atoms with van der Waals surface area (Å²) in [5.74, 6) is -0.127. The minimum Gasteiger partial charge on any atom is -0.369 e. The molecule has 0 heterocycles. The third-order valence-electron chi connectivity index (χ3n) is 2.93. The van der Waals surface area contributed by atoms with E-state index in [0.29, 0.717) is 6.04 Å². The second-order valence-electron chi connectivity index (χ2n) is 4.39. The summed E-state index contributed by atoms with van der Waals surface area (Å²) in [7, 11) is 0. The maximum absolute atomic E-state index is 11.3. The van der Waals surface area contributed by atoms with Gasteiger partial charge in [0, 0.05) is 12.6 Å². The molecular formula is C10H20N2O. The van der Waals surface area contributed by atoms with Crippen LogP contribution < -0.4 is 11.1 Å². The van der Waals surface area contributed by atoms with Crippen molar-refractivity contribution in [3.63, 3.8) is 0 Å². The van der Waals surface area contributed by atoms with Crippen molar-refractivity contribution in [3.8, 4) is 0 Å². The molecule has 0 radical (unpaired) electrons. The number of hydrogen-bond donors (Lipinski definition) is 2. The minimum atomic E-state index is -0.246. The Morgan fingerprint density at radius 1 is 1.46 bits per heavy atom. The van der Waals surface area contributed by atoms with Crippen molar-refractivity contribution in [2.24, 2.45) is 11.1 Å². The fourth-order valence-electron chi connectivity index (χ4n) is 1.96. The molecule has 13 heavy (non-hydrogen) atoms. The molecule has 0 bridgehead atoms. The third kappa shape index (κ3) is 2.44. The SMILES string of the molecule is CC(C)NCC1(C(N)=O)CCCC1. The van der Waals surface area contributed by atoms with E-state index in [9.17, 15) is 4.79 Å². The zero-order chi connectivity index (χ0) is 9.90. The van der Waals surface area contributed by atoms with E-state index in [1.165, 1.54) is 0 Å². The first-order valence-corrected chi connectivity index (χ1v) is 5.10. The zero-order valence-electron chi connectivity index (χ0n) is 8.60. The molecule has 0 aromatic carbocycles. The molecule has 0 atom stereocenters. The summed E-state index contributed by atoms with van der Waals surface area (Å²) in [6.07, 6.45) is 4.20. The van der Waals surface area contributed by atoms with Crippen LogP contribution in [-0.4, -0.2) is 18.5 Å². The van der Waals surface area contributed by atoms with Gasteiger partial charge in [-0.2, -0.15) is 0 Å². The summed E-state index contributed by atoms with van der Waals surface area (Å²) in [5.41, 5.74) is 5.19. The Morgan fingerprint density at radius 2 is 2.00 bits per heavy atom. The van der Waals surface area contributed by atoms with E-state index in [1.807, 2.05) is 0 Å². The Kier molecular flexibility index (Phi) is 3.31. The van der Waals surface area contributed by atoms with Crippen molar-refractivity contribution < 1.29 is 4.79 Å². The van der Waals surface area contributed by atoms with Crippen LogP contribution in [0.2, 0.25) is 0 Å². The number of amides is 1. The highest BCUT2D eigenvalue weighted by atomic mass is 16.1. The van der Waals surface area contributed by atoms with Crippen LogP contribution in [0.4, 0.5) is 0 Å². The van der Waals surface area contributed by atoms with E-state index in [-0.39, 0.29) is 11.3 Å². The standard InChI is InChI=1S/C10H20N2O/c1-8(2)12-7-10(9(11)13)5-3-4-6-10/h8,12H,3-7H2,1-2H3,(H2,11,13). The Morgan fingerprint density at radius 3 is 2.38 bits per heavy atom. The Bertz CT molecular complexity index is 183. The Hall–Kier alpha value is -0.570. The van der Waals surface area contributed by atoms with Crippen molar-refractivity contribution in [1.82, 2.24) is 5.32 Å². The average molecular weight is 184 g/mol. The molecule has 76 valence electrons. The maximum Gasteiger partial charge on any atom is 0.224 e. The summed E-state index contributed by atoms with van der Waals surface area (Å²) >= 11 is 0. The second kappa shape index (κ2) is 4.09. The second-order valence-corrected chi connectivity index (χ2v) is 4.39. The van der Waals surface area contributed by atoms with Crippen LogP contribution in [0, 0.1) is 5.41 Å². The molecule has 0 aromatic rings. The maximum atomic E-state index is 11.3. The van der Waals surface area contributed by atoms with Crippen LogP contribution in [0.1, 0.15) is 39.5 Å². The molecule has 0 aromatic heterocycles. The molecule has 0 aliphatic heterocycles. The van der Waals surface area contributed by atoms with Crippen molar-refractivity contribution in [2.75, 3.05) is 6.54 Å². The van der Waals surface area contributed by atoms with Gasteiger partial charge in [0.2, 0.25) is 5.91 Å². The van der Waals surface area contributed by atoms with Crippen molar-refractivity contribution in [2.45, 2.75) is 45.6 Å². The lowest BCUT2D eigenvalue weighted by Gasteiger charge is -2.26. The van der Waals surface area contributed by atoms with Gasteiger partial charge in [-0.3, -0.25) is 4.79 Å². The molecule has 1 fully saturated rings. The molecule has 1 saturated carbocycles. The van der Waals surface area contributed by atoms with E-state index in [1.54, 1.807) is 0 Å². The van der Waals surface area contributed by atoms with Crippen LogP contribution in [0.25, 0.3) is 0 Å². The smallest absolute Gasteiger partial charge is 0.224 e. The first kappa shape index (κ1) is 10.5. The average Bonchev–Trinajstić information content (AvgIpc) is 2.50. The summed E-state index contributed by atoms with van der Waals surface area (Å²) in [5, 5.41) is 3.31. The lowest BCUT2D eigenvalue weighted by atomic mass is 9.85. The van der Waals surface area contributed by atoms with Gasteiger partial charge >= 0.3 is 0 Å². The van der Waals surface area contributed by atoms with E-state index < -0.39 is 0 Å². The predicted molar refractivity (Wildman–Crippen MR) is 53.2 cm³/mol. The summed E-state index contributed by atoms with van der Waals surface area (Å²) in [4.78, 5) is 11.3. The van der Waals surface area contributed by atoms with Crippen molar-refractivity contribution in [3.05, 3.63) is 0 Å². The molecule has 1 amide bonds. The summed E-state index contributed by atoms with van der Waals surface area (Å²) in [6, 6.07) is 0.428. The van der Waals surface area contributed by atoms with Gasteiger partial charge in [0.05, 0.1) is 5.41 Å². The zero-order valence-corrected chi connectivity index (χ0v) is 8.60. The van der Waals surface area contributed by atoms with Crippen molar-refractivity contribution >= 4 is 5.91 Å². The van der Waals surface area contributed by atoms with Gasteiger partial charge < -0.3 is 11.1 Å². The molecule has 1 aliphatic rings. The van der Waals surface area contributed by atoms with Gasteiger partial charge in [-0.25, -0.2) is 0 Å². The van der Waals surface area contributed by atoms with Gasteiger partial charge in [0.15, 0.2) is 0 Å². The third-order valence-corrected chi connectivity index (χ3v) is 2.93. The van der Waals surface area contributed by atoms with Crippen LogP contribution in [0.3, 0.4) is 0 Å². The van der Waals surface area contributed by atoms with Gasteiger partial charge in [-0.1, -0.05) is 26.7 Å². The number of carbonyl (C=O) groups excluding carboxylic acids is 1. The highest BCUT2D eigenvalue weighted by molar-refractivity contribution is 5.81. The largest absolute Gasteiger partial charge is 0.369 e. The monoisotopic (exact) mass is 184 g/mol. The van der Waals surface area contributed by atoms with E-state index in [0.717, 1.165) is 32.2 Å². The van der Waals surface area contributed by atoms with E-state index >= 15 is 0 Å². The van der Waals surface area contributed by atoms with Crippen LogP contribution in [0.15, 0.2) is 0 Å². The molecule has 0 spiro atoms. The number of nitrogens with one attached hydrogen (secondary N) is 1. The summed E-state index contributed by atoms with van der Waals surface area (Å²) in [6.45, 7) is 4.92. The highest BCUT2D eigenvalue weighted by Crippen LogP contribution is 2.37. The lowest BCUT2D eigenvalue weighted by molar-refractivity contribution is -0.127. The minimum absolute atomic E-state index is 0.127. The van der Waals surface area contributed by atoms with Gasteiger partial charge in [-0.15, -0.1) is 0 Å². The summed E-state index contributed by atoms with van der Waals surface area (Å²) < 4.78 is 0. The van der Waals surface area contributed by atoms with E-state index in [4.69, 9.17) is 5.73 Å². The van der Waals surface area contributed by atoms with Gasteiger partial charge in [0.25, 0.3) is 0 Å². The normalized spacial score (nSPS) is 20.8. The lowest BCUT2D eigenvalue weighted by Crippen LogP contribution is -2.44. The highest BCUT2D eigenvalue weighted by Gasteiger charge is 2.39. The van der Waals surface area contributed by atoms with Gasteiger partial charge in [0.1, 0.15) is 0 Å². The molecule has 0 unspecified atom stereocenters. The van der Waals surface area contributed by atoms with E-state index in [2.05, 4.69) is 19.2 Å². The Balaban J connectivity index is 2.52.